The van der Waals surface area contributed by atoms with E-state index in [1.165, 1.54) is 13.2 Å². The summed E-state index contributed by atoms with van der Waals surface area (Å²) in [6.07, 6.45) is 1.55. The molecule has 0 atom stereocenters. The third-order valence-corrected chi connectivity index (χ3v) is 3.06. The molecule has 6 heteroatoms. The lowest BCUT2D eigenvalue weighted by molar-refractivity contribution is -0.138. The summed E-state index contributed by atoms with van der Waals surface area (Å²) in [5.74, 6) is -0.178. The lowest BCUT2D eigenvalue weighted by Gasteiger charge is -2.19. The lowest BCUT2D eigenvalue weighted by atomic mass is 10.1. The fraction of sp³-hybridized carbons (Fsp3) is 0.286. The van der Waals surface area contributed by atoms with Crippen molar-refractivity contribution in [3.63, 3.8) is 0 Å². The Kier molecular flexibility index (Phi) is 4.02. The highest BCUT2D eigenvalue weighted by atomic mass is 19.1. The zero-order valence-corrected chi connectivity index (χ0v) is 11.6. The normalized spacial score (nSPS) is 10.4. The first-order chi connectivity index (χ1) is 9.58. The van der Waals surface area contributed by atoms with Gasteiger partial charge in [-0.3, -0.25) is 4.79 Å². The molecule has 2 rings (SSSR count). The number of aromatic nitrogens is 1. The third kappa shape index (κ3) is 2.49. The molecule has 0 bridgehead atoms. The summed E-state index contributed by atoms with van der Waals surface area (Å²) < 4.78 is 18.7. The number of nitrogens with zero attached hydrogens (tertiary/aromatic N) is 2. The largest absolute Gasteiger partial charge is 0.468 e. The number of methoxy groups -OCH3 is 1. The molecule has 0 radical (unpaired) electrons. The van der Waals surface area contributed by atoms with Crippen molar-refractivity contribution in [2.75, 3.05) is 38.0 Å². The average Bonchev–Trinajstić information content (AvgIpc) is 2.46. The highest BCUT2D eigenvalue weighted by Crippen LogP contribution is 2.31. The Morgan fingerprint density at radius 1 is 1.50 bits per heavy atom. The molecule has 1 aromatic heterocycles. The van der Waals surface area contributed by atoms with E-state index in [0.29, 0.717) is 22.3 Å². The lowest BCUT2D eigenvalue weighted by Crippen LogP contribution is -2.27. The number of anilines is 2. The molecule has 0 fully saturated rings. The van der Waals surface area contributed by atoms with Crippen LogP contribution < -0.4 is 10.2 Å². The van der Waals surface area contributed by atoms with Crippen LogP contribution in [0.2, 0.25) is 0 Å². The predicted molar refractivity (Wildman–Crippen MR) is 76.5 cm³/mol. The monoisotopic (exact) mass is 277 g/mol. The summed E-state index contributed by atoms with van der Waals surface area (Å²) in [6, 6.07) is 4.79. The van der Waals surface area contributed by atoms with Gasteiger partial charge in [0.2, 0.25) is 0 Å². The Morgan fingerprint density at radius 3 is 2.90 bits per heavy atom. The van der Waals surface area contributed by atoms with Gasteiger partial charge in [0, 0.05) is 24.9 Å². The van der Waals surface area contributed by atoms with Gasteiger partial charge in [0.15, 0.2) is 0 Å². The topological polar surface area (TPSA) is 54.5 Å². The molecule has 5 nitrogen and oxygen atoms in total. The van der Waals surface area contributed by atoms with Gasteiger partial charge in [0.1, 0.15) is 18.2 Å². The molecule has 0 saturated carbocycles. The van der Waals surface area contributed by atoms with Crippen LogP contribution in [0.1, 0.15) is 0 Å². The van der Waals surface area contributed by atoms with Gasteiger partial charge in [0.05, 0.1) is 19.0 Å². The van der Waals surface area contributed by atoms with Crippen LogP contribution in [-0.4, -0.2) is 38.7 Å². The number of rotatable bonds is 4. The molecular weight excluding hydrogens is 261 g/mol. The summed E-state index contributed by atoms with van der Waals surface area (Å²) in [5.41, 5.74) is 0.605. The Balaban J connectivity index is 2.55. The van der Waals surface area contributed by atoms with Crippen molar-refractivity contribution in [1.82, 2.24) is 4.98 Å². The number of fused-ring (bicyclic) bond motifs is 1. The molecule has 0 unspecified atom stereocenters. The number of pyridine rings is 1. The quantitative estimate of drug-likeness (QED) is 0.867. The predicted octanol–water partition coefficient (Wildman–Crippen LogP) is 2.02. The van der Waals surface area contributed by atoms with Crippen molar-refractivity contribution in [1.29, 1.82) is 0 Å². The molecule has 0 aliphatic rings. The van der Waals surface area contributed by atoms with E-state index < -0.39 is 0 Å². The van der Waals surface area contributed by atoms with Crippen LogP contribution in [0.25, 0.3) is 10.8 Å². The van der Waals surface area contributed by atoms with Gasteiger partial charge >= 0.3 is 5.97 Å². The van der Waals surface area contributed by atoms with Crippen LogP contribution in [0, 0.1) is 5.82 Å². The van der Waals surface area contributed by atoms with Gasteiger partial charge in [-0.1, -0.05) is 12.1 Å². The number of benzene rings is 1. The van der Waals surface area contributed by atoms with Crippen molar-refractivity contribution < 1.29 is 13.9 Å². The van der Waals surface area contributed by atoms with Crippen molar-refractivity contribution in [2.45, 2.75) is 0 Å². The van der Waals surface area contributed by atoms with E-state index in [2.05, 4.69) is 15.0 Å². The van der Waals surface area contributed by atoms with Gasteiger partial charge in [0.25, 0.3) is 0 Å². The van der Waals surface area contributed by atoms with Gasteiger partial charge < -0.3 is 15.0 Å². The fourth-order valence-corrected chi connectivity index (χ4v) is 2.07. The first kappa shape index (κ1) is 14.0. The molecule has 0 spiro atoms. The molecule has 1 N–H and O–H groups in total. The molecule has 0 saturated heterocycles. The standard InChI is InChI=1S/C14H16FN3O2/c1-16-11-7-17-14(18(2)8-12(19)20-3)9-5-4-6-10(15)13(9)11/h4-7,16H,8H2,1-3H3. The number of ether oxygens (including phenoxy) is 1. The minimum atomic E-state index is -0.378. The number of carbonyl (C=O) groups excluding carboxylic acids is 1. The molecule has 20 heavy (non-hydrogen) atoms. The number of likely N-dealkylation sites (N-methyl/N-ethyl adjacent to an activating group) is 1. The van der Waals surface area contributed by atoms with Crippen molar-refractivity contribution in [3.8, 4) is 0 Å². The second kappa shape index (κ2) is 5.73. The number of carbonyl (C=O) groups is 1. The van der Waals surface area contributed by atoms with E-state index in [1.807, 2.05) is 0 Å². The minimum absolute atomic E-state index is 0.0496. The third-order valence-electron chi connectivity index (χ3n) is 3.06. The maximum absolute atomic E-state index is 14.0. The molecule has 2 aromatic rings. The van der Waals surface area contributed by atoms with Crippen LogP contribution in [0.15, 0.2) is 24.4 Å². The van der Waals surface area contributed by atoms with Crippen LogP contribution >= 0.6 is 0 Å². The number of hydrogen-bond donors (Lipinski definition) is 1. The molecule has 0 amide bonds. The van der Waals surface area contributed by atoms with Gasteiger partial charge in [-0.2, -0.15) is 0 Å². The molecule has 0 aliphatic carbocycles. The summed E-state index contributed by atoms with van der Waals surface area (Å²) in [5, 5.41) is 4.01. The highest BCUT2D eigenvalue weighted by Gasteiger charge is 2.15. The summed E-state index contributed by atoms with van der Waals surface area (Å²) >= 11 is 0. The number of esters is 1. The molecule has 0 aliphatic heterocycles. The van der Waals surface area contributed by atoms with Crippen molar-refractivity contribution in [3.05, 3.63) is 30.2 Å². The second-order valence-corrected chi connectivity index (χ2v) is 4.34. The Labute approximate surface area is 116 Å². The summed E-state index contributed by atoms with van der Waals surface area (Å²) in [4.78, 5) is 17.3. The van der Waals surface area contributed by atoms with E-state index in [-0.39, 0.29) is 18.3 Å². The van der Waals surface area contributed by atoms with Crippen molar-refractivity contribution in [2.24, 2.45) is 0 Å². The van der Waals surface area contributed by atoms with Crippen LogP contribution in [-0.2, 0) is 9.53 Å². The summed E-state index contributed by atoms with van der Waals surface area (Å²) in [7, 11) is 4.74. The first-order valence-electron chi connectivity index (χ1n) is 6.11. The van der Waals surface area contributed by atoms with E-state index in [1.54, 1.807) is 37.3 Å². The van der Waals surface area contributed by atoms with Gasteiger partial charge in [-0.05, 0) is 6.07 Å². The zero-order valence-electron chi connectivity index (χ0n) is 11.6. The van der Waals surface area contributed by atoms with Crippen LogP contribution in [0.4, 0.5) is 15.9 Å². The average molecular weight is 277 g/mol. The van der Waals surface area contributed by atoms with E-state index >= 15 is 0 Å². The van der Waals surface area contributed by atoms with Crippen LogP contribution in [0.3, 0.4) is 0 Å². The van der Waals surface area contributed by atoms with Gasteiger partial charge in [-0.25, -0.2) is 9.37 Å². The van der Waals surface area contributed by atoms with Crippen LogP contribution in [0.5, 0.6) is 0 Å². The number of nitrogens with one attached hydrogen (secondary N) is 1. The molecule has 1 aromatic carbocycles. The molecule has 106 valence electrons. The van der Waals surface area contributed by atoms with Crippen molar-refractivity contribution >= 4 is 28.2 Å². The first-order valence-corrected chi connectivity index (χ1v) is 6.11. The van der Waals surface area contributed by atoms with E-state index in [0.717, 1.165) is 0 Å². The maximum atomic E-state index is 14.0. The molecular formula is C14H16FN3O2. The highest BCUT2D eigenvalue weighted by molar-refractivity contribution is 6.01. The zero-order chi connectivity index (χ0) is 14.7. The Hall–Kier alpha value is -2.37. The maximum Gasteiger partial charge on any atom is 0.325 e. The molecule has 1 heterocycles. The van der Waals surface area contributed by atoms with E-state index in [9.17, 15) is 9.18 Å². The van der Waals surface area contributed by atoms with E-state index in [4.69, 9.17) is 0 Å². The second-order valence-electron chi connectivity index (χ2n) is 4.34. The number of hydrogen-bond acceptors (Lipinski definition) is 5. The summed E-state index contributed by atoms with van der Waals surface area (Å²) in [6.45, 7) is 0.0496. The Bertz CT molecular complexity index is 646. The smallest absolute Gasteiger partial charge is 0.325 e. The SMILES string of the molecule is CNc1cnc(N(C)CC(=O)OC)c2cccc(F)c12. The minimum Gasteiger partial charge on any atom is -0.468 e. The fourth-order valence-electron chi connectivity index (χ4n) is 2.07. The number of halogens is 1. The van der Waals surface area contributed by atoms with Gasteiger partial charge in [-0.15, -0.1) is 0 Å². The Morgan fingerprint density at radius 2 is 2.25 bits per heavy atom.